The Labute approximate surface area is 123 Å². The molecule has 0 atom stereocenters. The van der Waals surface area contributed by atoms with Crippen LogP contribution in [0.5, 0.6) is 0 Å². The van der Waals surface area contributed by atoms with Gasteiger partial charge in [-0.05, 0) is 13.8 Å². The van der Waals surface area contributed by atoms with E-state index in [9.17, 15) is 0 Å². The molecule has 0 bridgehead atoms. The minimum atomic E-state index is 0.373. The summed E-state index contributed by atoms with van der Waals surface area (Å²) >= 11 is 0. The summed E-state index contributed by atoms with van der Waals surface area (Å²) in [7, 11) is 0. The van der Waals surface area contributed by atoms with Crippen molar-refractivity contribution in [3.05, 3.63) is 0 Å². The Morgan fingerprint density at radius 2 is 1.45 bits per heavy atom. The predicted molar refractivity (Wildman–Crippen MR) is 79.6 cm³/mol. The van der Waals surface area contributed by atoms with Gasteiger partial charge in [0, 0.05) is 18.8 Å². The molecule has 1 saturated heterocycles. The van der Waals surface area contributed by atoms with Crippen molar-refractivity contribution in [1.29, 1.82) is 10.5 Å². The van der Waals surface area contributed by atoms with Crippen molar-refractivity contribution < 1.29 is 9.22 Å². The largest absolute Gasteiger partial charge is 0.337 e. The van der Waals surface area contributed by atoms with Crippen LogP contribution in [0.1, 0.15) is 40.5 Å². The highest BCUT2D eigenvalue weighted by Gasteiger charge is 2.32. The second-order valence-corrected chi connectivity index (χ2v) is 5.68. The zero-order valence-corrected chi connectivity index (χ0v) is 13.3. The van der Waals surface area contributed by atoms with Gasteiger partial charge >= 0.3 is 0 Å². The number of ether oxygens (including phenoxy) is 1. The van der Waals surface area contributed by atoms with Crippen molar-refractivity contribution >= 4 is 0 Å². The van der Waals surface area contributed by atoms with Gasteiger partial charge < -0.3 is 20.7 Å². The van der Waals surface area contributed by atoms with Crippen molar-refractivity contribution in [3.63, 3.8) is 0 Å². The molecule has 4 N–H and O–H groups in total. The smallest absolute Gasteiger partial charge is 0.183 e. The van der Waals surface area contributed by atoms with E-state index in [0.29, 0.717) is 6.10 Å². The van der Waals surface area contributed by atoms with E-state index in [4.69, 9.17) is 15.3 Å². The van der Waals surface area contributed by atoms with E-state index in [-0.39, 0.29) is 0 Å². The molecule has 116 valence electrons. The third-order valence-corrected chi connectivity index (χ3v) is 2.95. The van der Waals surface area contributed by atoms with Gasteiger partial charge in [-0.25, -0.2) is 0 Å². The zero-order valence-electron chi connectivity index (χ0n) is 13.3. The Hall–Kier alpha value is -1.50. The van der Waals surface area contributed by atoms with E-state index in [0.717, 1.165) is 12.6 Å². The molecule has 0 aliphatic carbocycles. The molecule has 6 heteroatoms. The second-order valence-electron chi connectivity index (χ2n) is 5.68. The molecule has 0 unspecified atom stereocenters. The lowest BCUT2D eigenvalue weighted by atomic mass is 10.2. The van der Waals surface area contributed by atoms with Gasteiger partial charge in [-0.2, -0.15) is 10.5 Å². The van der Waals surface area contributed by atoms with Gasteiger partial charge in [0.15, 0.2) is 19.1 Å². The summed E-state index contributed by atoms with van der Waals surface area (Å²) < 4.78 is 7.01. The van der Waals surface area contributed by atoms with Gasteiger partial charge in [-0.15, -0.1) is 0 Å². The summed E-state index contributed by atoms with van der Waals surface area (Å²) in [5, 5.41) is 14.2. The number of nitrogens with two attached hydrogens (primary N) is 2. The first kappa shape index (κ1) is 20.8. The van der Waals surface area contributed by atoms with E-state index >= 15 is 0 Å². The fourth-order valence-electron chi connectivity index (χ4n) is 2.45. The van der Waals surface area contributed by atoms with Gasteiger partial charge in [0.1, 0.15) is 0 Å². The quantitative estimate of drug-likeness (QED) is 0.451. The Kier molecular flexibility index (Phi) is 13.0. The van der Waals surface area contributed by atoms with Crippen LogP contribution in [0.4, 0.5) is 0 Å². The standard InChI is InChI=1S/C12H26NO.2CH2N2/c1-11(2)9-13(7-5-6-8-13)10-14-12(3)4;2*2-1-3/h11-12H,5-10H2,1-4H3;2*2H2/q+1;;. The molecule has 1 fully saturated rings. The fourth-order valence-corrected chi connectivity index (χ4v) is 2.45. The molecule has 20 heavy (non-hydrogen) atoms. The highest BCUT2D eigenvalue weighted by Crippen LogP contribution is 2.21. The zero-order chi connectivity index (χ0) is 16.0. The molecule has 1 aliphatic heterocycles. The average molecular weight is 284 g/mol. The Balaban J connectivity index is 0. The normalized spacial score (nSPS) is 15.4. The maximum absolute atomic E-state index is 7.10. The maximum Gasteiger partial charge on any atom is 0.183 e. The highest BCUT2D eigenvalue weighted by molar-refractivity contribution is 4.55. The molecule has 1 aliphatic rings. The predicted octanol–water partition coefficient (Wildman–Crippen LogP) is 1.49. The van der Waals surface area contributed by atoms with E-state index in [1.807, 2.05) is 0 Å². The lowest BCUT2D eigenvalue weighted by Gasteiger charge is -2.35. The molecule has 1 heterocycles. The van der Waals surface area contributed by atoms with E-state index in [2.05, 4.69) is 39.2 Å². The summed E-state index contributed by atoms with van der Waals surface area (Å²) in [5.74, 6) is 0.781. The highest BCUT2D eigenvalue weighted by atomic mass is 16.5. The maximum atomic E-state index is 7.10. The molecule has 0 aromatic heterocycles. The molecular weight excluding hydrogens is 254 g/mol. The number of hydrogen-bond donors (Lipinski definition) is 2. The van der Waals surface area contributed by atoms with Crippen LogP contribution < -0.4 is 11.5 Å². The summed E-state index contributed by atoms with van der Waals surface area (Å²) in [4.78, 5) is 0. The lowest BCUT2D eigenvalue weighted by Crippen LogP contribution is -2.49. The number of hydrogen-bond acceptors (Lipinski definition) is 5. The van der Waals surface area contributed by atoms with Gasteiger partial charge in [0.25, 0.3) is 0 Å². The van der Waals surface area contributed by atoms with E-state index in [1.165, 1.54) is 49.3 Å². The van der Waals surface area contributed by atoms with Gasteiger partial charge in [0.05, 0.1) is 25.7 Å². The van der Waals surface area contributed by atoms with Crippen LogP contribution in [0.15, 0.2) is 0 Å². The third kappa shape index (κ3) is 11.6. The van der Waals surface area contributed by atoms with Crippen LogP contribution in [0, 0.1) is 28.8 Å². The molecule has 0 saturated carbocycles. The summed E-state index contributed by atoms with van der Waals surface area (Å²) in [5.41, 5.74) is 8.31. The van der Waals surface area contributed by atoms with Crippen molar-refractivity contribution in [2.45, 2.75) is 46.6 Å². The number of nitriles is 2. The molecule has 0 aromatic rings. The molecule has 0 aromatic carbocycles. The van der Waals surface area contributed by atoms with Crippen LogP contribution in [0.25, 0.3) is 0 Å². The van der Waals surface area contributed by atoms with Crippen LogP contribution in [0.2, 0.25) is 0 Å². The minimum absolute atomic E-state index is 0.373. The van der Waals surface area contributed by atoms with Gasteiger partial charge in [0.2, 0.25) is 0 Å². The topological polar surface area (TPSA) is 109 Å². The first-order valence-corrected chi connectivity index (χ1v) is 7.03. The second kappa shape index (κ2) is 12.5. The van der Waals surface area contributed by atoms with E-state index < -0.39 is 0 Å². The SMILES string of the molecule is CC(C)C[N+]1(COC(C)C)CCCC1.N#CN.N#CN. The summed E-state index contributed by atoms with van der Waals surface area (Å²) in [6, 6.07) is 0. The lowest BCUT2D eigenvalue weighted by molar-refractivity contribution is -0.938. The van der Waals surface area contributed by atoms with Crippen molar-refractivity contribution in [1.82, 2.24) is 0 Å². The fraction of sp³-hybridized carbons (Fsp3) is 0.857. The average Bonchev–Trinajstić information content (AvgIpc) is 2.77. The van der Waals surface area contributed by atoms with Crippen LogP contribution >= 0.6 is 0 Å². The minimum Gasteiger partial charge on any atom is -0.337 e. The number of rotatable bonds is 5. The molecule has 1 rings (SSSR count). The molecule has 0 amide bonds. The molecule has 0 spiro atoms. The molecular formula is C14H30N5O+. The Morgan fingerprint density at radius 3 is 1.75 bits per heavy atom. The Bertz CT molecular complexity index is 286. The summed E-state index contributed by atoms with van der Waals surface area (Å²) in [6.45, 7) is 13.7. The number of quaternary nitrogens is 1. The Morgan fingerprint density at radius 1 is 1.05 bits per heavy atom. The summed E-state index contributed by atoms with van der Waals surface area (Å²) in [6.07, 6.45) is 5.64. The molecule has 0 radical (unpaired) electrons. The third-order valence-electron chi connectivity index (χ3n) is 2.95. The van der Waals surface area contributed by atoms with Gasteiger partial charge in [-0.3, -0.25) is 0 Å². The molecule has 6 nitrogen and oxygen atoms in total. The van der Waals surface area contributed by atoms with Crippen LogP contribution in [0.3, 0.4) is 0 Å². The van der Waals surface area contributed by atoms with Crippen LogP contribution in [-0.2, 0) is 4.74 Å². The van der Waals surface area contributed by atoms with Crippen molar-refractivity contribution in [2.24, 2.45) is 17.4 Å². The van der Waals surface area contributed by atoms with Crippen molar-refractivity contribution in [2.75, 3.05) is 26.4 Å². The first-order valence-electron chi connectivity index (χ1n) is 7.03. The monoisotopic (exact) mass is 284 g/mol. The first-order chi connectivity index (χ1) is 9.37. The number of nitrogens with zero attached hydrogens (tertiary/aromatic N) is 3. The van der Waals surface area contributed by atoms with Crippen LogP contribution in [-0.4, -0.2) is 37.0 Å². The van der Waals surface area contributed by atoms with Gasteiger partial charge in [-0.1, -0.05) is 13.8 Å². The van der Waals surface area contributed by atoms with E-state index in [1.54, 1.807) is 0 Å². The van der Waals surface area contributed by atoms with Crippen molar-refractivity contribution in [3.8, 4) is 12.4 Å². The number of likely N-dealkylation sites (tertiary alicyclic amines) is 1.